The molecule has 0 aliphatic heterocycles. The average molecular weight is 237 g/mol. The lowest BCUT2D eigenvalue weighted by Gasteiger charge is -2.09. The van der Waals surface area contributed by atoms with Crippen LogP contribution in [-0.2, 0) is 0 Å². The molecule has 0 unspecified atom stereocenters. The molecule has 0 atom stereocenters. The number of nitrogens with one attached hydrogen (secondary N) is 2. The molecule has 0 aliphatic carbocycles. The van der Waals surface area contributed by atoms with Gasteiger partial charge in [-0.2, -0.15) is 0 Å². The second-order valence-corrected chi connectivity index (χ2v) is 4.49. The van der Waals surface area contributed by atoms with Gasteiger partial charge in [-0.3, -0.25) is 0 Å². The highest BCUT2D eigenvalue weighted by atomic mass is 15.1. The van der Waals surface area contributed by atoms with Crippen molar-refractivity contribution in [3.05, 3.63) is 53.6 Å². The lowest BCUT2D eigenvalue weighted by atomic mass is 10.1. The van der Waals surface area contributed by atoms with Gasteiger partial charge < -0.3 is 10.3 Å². The van der Waals surface area contributed by atoms with Crippen LogP contribution in [0.25, 0.3) is 11.0 Å². The van der Waals surface area contributed by atoms with Crippen LogP contribution in [0.5, 0.6) is 0 Å². The lowest BCUT2D eigenvalue weighted by molar-refractivity contribution is 1.27. The van der Waals surface area contributed by atoms with Crippen LogP contribution in [0, 0.1) is 13.8 Å². The average Bonchev–Trinajstić information content (AvgIpc) is 2.76. The number of aromatic amines is 1. The SMILES string of the molecule is Cc1cccc(C)c1Nc1nc2ccccc2[nH]1. The monoisotopic (exact) mass is 237 g/mol. The number of imidazole rings is 1. The summed E-state index contributed by atoms with van der Waals surface area (Å²) in [5.41, 5.74) is 5.58. The van der Waals surface area contributed by atoms with Crippen molar-refractivity contribution in [2.24, 2.45) is 0 Å². The van der Waals surface area contributed by atoms with Gasteiger partial charge in [-0.1, -0.05) is 30.3 Å². The van der Waals surface area contributed by atoms with E-state index in [1.807, 2.05) is 24.3 Å². The third-order valence-corrected chi connectivity index (χ3v) is 3.11. The number of hydrogen-bond acceptors (Lipinski definition) is 2. The van der Waals surface area contributed by atoms with Crippen LogP contribution in [0.4, 0.5) is 11.6 Å². The Bertz CT molecular complexity index is 645. The standard InChI is InChI=1S/C15H15N3/c1-10-6-5-7-11(2)14(10)18-15-16-12-8-3-4-9-13(12)17-15/h3-9H,1-2H3,(H2,16,17,18). The highest BCUT2D eigenvalue weighted by molar-refractivity contribution is 5.78. The Balaban J connectivity index is 2.01. The zero-order chi connectivity index (χ0) is 12.5. The zero-order valence-electron chi connectivity index (χ0n) is 10.5. The van der Waals surface area contributed by atoms with E-state index in [4.69, 9.17) is 0 Å². The molecule has 0 fully saturated rings. The molecule has 2 aromatic carbocycles. The molecule has 0 aliphatic rings. The predicted octanol–water partition coefficient (Wildman–Crippen LogP) is 3.92. The molecule has 18 heavy (non-hydrogen) atoms. The van der Waals surface area contributed by atoms with Gasteiger partial charge in [0.1, 0.15) is 0 Å². The number of aromatic nitrogens is 2. The van der Waals surface area contributed by atoms with Crippen LogP contribution in [0.2, 0.25) is 0 Å². The van der Waals surface area contributed by atoms with Gasteiger partial charge >= 0.3 is 0 Å². The molecule has 3 aromatic rings. The summed E-state index contributed by atoms with van der Waals surface area (Å²) in [4.78, 5) is 7.80. The maximum Gasteiger partial charge on any atom is 0.205 e. The maximum absolute atomic E-state index is 4.52. The topological polar surface area (TPSA) is 40.7 Å². The smallest absolute Gasteiger partial charge is 0.205 e. The molecule has 2 N–H and O–H groups in total. The maximum atomic E-state index is 4.52. The van der Waals surface area contributed by atoms with Crippen LogP contribution in [-0.4, -0.2) is 9.97 Å². The van der Waals surface area contributed by atoms with Crippen molar-refractivity contribution in [2.75, 3.05) is 5.32 Å². The molecule has 0 spiro atoms. The number of nitrogens with zero attached hydrogens (tertiary/aromatic N) is 1. The molecule has 1 aromatic heterocycles. The third kappa shape index (κ3) is 1.84. The number of para-hydroxylation sites is 3. The lowest BCUT2D eigenvalue weighted by Crippen LogP contribution is -1.97. The molecule has 0 saturated heterocycles. The fourth-order valence-corrected chi connectivity index (χ4v) is 2.14. The Hall–Kier alpha value is -2.29. The van der Waals surface area contributed by atoms with Gasteiger partial charge in [-0.15, -0.1) is 0 Å². The first-order chi connectivity index (χ1) is 8.74. The predicted molar refractivity (Wildman–Crippen MR) is 75.3 cm³/mol. The minimum Gasteiger partial charge on any atom is -0.325 e. The second kappa shape index (κ2) is 4.18. The van der Waals surface area contributed by atoms with Crippen molar-refractivity contribution in [3.63, 3.8) is 0 Å². The van der Waals surface area contributed by atoms with Crippen molar-refractivity contribution < 1.29 is 0 Å². The molecule has 3 rings (SSSR count). The van der Waals surface area contributed by atoms with Gasteiger partial charge in [0.2, 0.25) is 5.95 Å². The number of benzene rings is 2. The largest absolute Gasteiger partial charge is 0.325 e. The minimum absolute atomic E-state index is 0.786. The number of H-pyrrole nitrogens is 1. The second-order valence-electron chi connectivity index (χ2n) is 4.49. The van der Waals surface area contributed by atoms with Crippen LogP contribution < -0.4 is 5.32 Å². The van der Waals surface area contributed by atoms with Crippen molar-refractivity contribution in [1.82, 2.24) is 9.97 Å². The van der Waals surface area contributed by atoms with Gasteiger partial charge in [-0.25, -0.2) is 4.98 Å². The summed E-state index contributed by atoms with van der Waals surface area (Å²) in [5.74, 6) is 0.786. The molecule has 1 heterocycles. The molecule has 90 valence electrons. The highest BCUT2D eigenvalue weighted by Crippen LogP contribution is 2.24. The number of fused-ring (bicyclic) bond motifs is 1. The van der Waals surface area contributed by atoms with E-state index in [1.54, 1.807) is 0 Å². The van der Waals surface area contributed by atoms with Crippen LogP contribution in [0.1, 0.15) is 11.1 Å². The quantitative estimate of drug-likeness (QED) is 0.709. The summed E-state index contributed by atoms with van der Waals surface area (Å²) in [6.45, 7) is 4.19. The normalized spacial score (nSPS) is 10.8. The van der Waals surface area contributed by atoms with Crippen LogP contribution >= 0.6 is 0 Å². The summed E-state index contributed by atoms with van der Waals surface area (Å²) in [6, 6.07) is 14.3. The Kier molecular flexibility index (Phi) is 2.52. The van der Waals surface area contributed by atoms with Gasteiger partial charge in [0.05, 0.1) is 11.0 Å². The summed E-state index contributed by atoms with van der Waals surface area (Å²) in [5, 5.41) is 3.36. The Morgan fingerprint density at radius 3 is 2.39 bits per heavy atom. The zero-order valence-corrected chi connectivity index (χ0v) is 10.5. The van der Waals surface area contributed by atoms with E-state index in [0.717, 1.165) is 22.7 Å². The Morgan fingerprint density at radius 2 is 1.67 bits per heavy atom. The first-order valence-electron chi connectivity index (χ1n) is 6.02. The van der Waals surface area contributed by atoms with E-state index in [0.29, 0.717) is 0 Å². The van der Waals surface area contributed by atoms with E-state index in [-0.39, 0.29) is 0 Å². The molecule has 3 heteroatoms. The summed E-state index contributed by atoms with van der Waals surface area (Å²) >= 11 is 0. The first kappa shape index (κ1) is 10.8. The number of anilines is 2. The van der Waals surface area contributed by atoms with Crippen molar-refractivity contribution in [1.29, 1.82) is 0 Å². The van der Waals surface area contributed by atoms with E-state index < -0.39 is 0 Å². The molecular weight excluding hydrogens is 222 g/mol. The molecule has 0 radical (unpaired) electrons. The highest BCUT2D eigenvalue weighted by Gasteiger charge is 2.05. The molecule has 0 saturated carbocycles. The van der Waals surface area contributed by atoms with E-state index in [9.17, 15) is 0 Å². The van der Waals surface area contributed by atoms with E-state index >= 15 is 0 Å². The number of aryl methyl sites for hydroxylation is 2. The van der Waals surface area contributed by atoms with E-state index in [2.05, 4.69) is 47.3 Å². The number of rotatable bonds is 2. The summed E-state index contributed by atoms with van der Waals surface area (Å²) in [6.07, 6.45) is 0. The van der Waals surface area contributed by atoms with Crippen LogP contribution in [0.3, 0.4) is 0 Å². The van der Waals surface area contributed by atoms with Crippen molar-refractivity contribution in [2.45, 2.75) is 13.8 Å². The van der Waals surface area contributed by atoms with Crippen molar-refractivity contribution in [3.8, 4) is 0 Å². The van der Waals surface area contributed by atoms with Gasteiger partial charge in [0, 0.05) is 5.69 Å². The molecule has 3 nitrogen and oxygen atoms in total. The summed E-state index contributed by atoms with van der Waals surface area (Å²) < 4.78 is 0. The van der Waals surface area contributed by atoms with Crippen LogP contribution in [0.15, 0.2) is 42.5 Å². The first-order valence-corrected chi connectivity index (χ1v) is 6.02. The fourth-order valence-electron chi connectivity index (χ4n) is 2.14. The summed E-state index contributed by atoms with van der Waals surface area (Å²) in [7, 11) is 0. The fraction of sp³-hybridized carbons (Fsp3) is 0.133. The Morgan fingerprint density at radius 1 is 0.944 bits per heavy atom. The van der Waals surface area contributed by atoms with E-state index in [1.165, 1.54) is 11.1 Å². The van der Waals surface area contributed by atoms with Gasteiger partial charge in [0.25, 0.3) is 0 Å². The molecule has 0 amide bonds. The minimum atomic E-state index is 0.786. The van der Waals surface area contributed by atoms with Gasteiger partial charge in [-0.05, 0) is 37.1 Å². The molecule has 0 bridgehead atoms. The Labute approximate surface area is 106 Å². The van der Waals surface area contributed by atoms with Gasteiger partial charge in [0.15, 0.2) is 0 Å². The van der Waals surface area contributed by atoms with Crippen molar-refractivity contribution >= 4 is 22.7 Å². The third-order valence-electron chi connectivity index (χ3n) is 3.11. The number of hydrogen-bond donors (Lipinski definition) is 2. The molecular formula is C15H15N3.